The Kier molecular flexibility index (Phi) is 6.08. The van der Waals surface area contributed by atoms with Crippen molar-refractivity contribution in [3.63, 3.8) is 0 Å². The second-order valence-electron chi connectivity index (χ2n) is 5.33. The van der Waals surface area contributed by atoms with Gasteiger partial charge >= 0.3 is 12.0 Å². The Hall–Kier alpha value is -1.30. The van der Waals surface area contributed by atoms with Crippen LogP contribution < -0.4 is 5.32 Å². The number of piperidine rings is 1. The Bertz CT molecular complexity index is 322. The molecule has 0 aromatic heterocycles. The standard InChI is InChI=1S/C13H25N3O3/c1-4-16(8-10(2)12(17)18)13(19)14-11-6-5-7-15(3)9-11/h10-11H,4-9H2,1-3H3,(H,14,19)(H,17,18). The zero-order valence-electron chi connectivity index (χ0n) is 12.1. The highest BCUT2D eigenvalue weighted by atomic mass is 16.4. The first kappa shape index (κ1) is 15.8. The predicted octanol–water partition coefficient (Wildman–Crippen LogP) is 0.833. The number of hydrogen-bond donors (Lipinski definition) is 2. The Labute approximate surface area is 114 Å². The molecular weight excluding hydrogens is 246 g/mol. The SMILES string of the molecule is CCN(CC(C)C(=O)O)C(=O)NC1CCCN(C)C1. The maximum atomic E-state index is 12.1. The number of amides is 2. The molecular formula is C13H25N3O3. The molecule has 0 aliphatic carbocycles. The number of nitrogens with one attached hydrogen (secondary N) is 1. The smallest absolute Gasteiger partial charge is 0.317 e. The molecule has 2 unspecified atom stereocenters. The van der Waals surface area contributed by atoms with Crippen LogP contribution in [0.15, 0.2) is 0 Å². The molecule has 2 N–H and O–H groups in total. The summed E-state index contributed by atoms with van der Waals surface area (Å²) in [5, 5.41) is 11.9. The van der Waals surface area contributed by atoms with Gasteiger partial charge in [0.1, 0.15) is 0 Å². The van der Waals surface area contributed by atoms with Gasteiger partial charge in [0.15, 0.2) is 0 Å². The lowest BCUT2D eigenvalue weighted by atomic mass is 10.1. The number of carboxylic acids is 1. The fourth-order valence-electron chi connectivity index (χ4n) is 2.31. The average Bonchev–Trinajstić information content (AvgIpc) is 2.35. The van der Waals surface area contributed by atoms with Crippen LogP contribution in [0.25, 0.3) is 0 Å². The lowest BCUT2D eigenvalue weighted by molar-refractivity contribution is -0.141. The van der Waals surface area contributed by atoms with Gasteiger partial charge in [-0.05, 0) is 33.4 Å². The van der Waals surface area contributed by atoms with Crippen molar-refractivity contribution in [2.45, 2.75) is 32.7 Å². The molecule has 1 heterocycles. The number of rotatable bonds is 5. The molecule has 110 valence electrons. The van der Waals surface area contributed by atoms with Gasteiger partial charge in [-0.1, -0.05) is 6.92 Å². The van der Waals surface area contributed by atoms with Crippen molar-refractivity contribution < 1.29 is 14.7 Å². The van der Waals surface area contributed by atoms with Crippen LogP contribution in [-0.2, 0) is 4.79 Å². The first-order chi connectivity index (χ1) is 8.93. The third-order valence-electron chi connectivity index (χ3n) is 3.54. The summed E-state index contributed by atoms with van der Waals surface area (Å²) in [6, 6.07) is 0.0105. The van der Waals surface area contributed by atoms with Crippen LogP contribution in [0.5, 0.6) is 0 Å². The van der Waals surface area contributed by atoms with E-state index in [1.165, 1.54) is 0 Å². The number of carboxylic acid groups (broad SMARTS) is 1. The Morgan fingerprint density at radius 1 is 1.53 bits per heavy atom. The molecule has 1 aliphatic heterocycles. The van der Waals surface area contributed by atoms with Crippen molar-refractivity contribution in [2.75, 3.05) is 33.2 Å². The highest BCUT2D eigenvalue weighted by molar-refractivity contribution is 5.76. The summed E-state index contributed by atoms with van der Waals surface area (Å²) in [4.78, 5) is 26.7. The van der Waals surface area contributed by atoms with E-state index in [1.54, 1.807) is 11.8 Å². The highest BCUT2D eigenvalue weighted by Crippen LogP contribution is 2.09. The number of hydrogen-bond acceptors (Lipinski definition) is 3. The zero-order valence-corrected chi connectivity index (χ0v) is 12.1. The van der Waals surface area contributed by atoms with Gasteiger partial charge in [-0.25, -0.2) is 4.79 Å². The molecule has 0 saturated carbocycles. The highest BCUT2D eigenvalue weighted by Gasteiger charge is 2.23. The van der Waals surface area contributed by atoms with Gasteiger partial charge in [-0.2, -0.15) is 0 Å². The Morgan fingerprint density at radius 3 is 2.74 bits per heavy atom. The summed E-state index contributed by atoms with van der Waals surface area (Å²) in [5.41, 5.74) is 0. The minimum atomic E-state index is -0.872. The van der Waals surface area contributed by atoms with E-state index in [0.717, 1.165) is 25.9 Å². The number of carbonyl (C=O) groups excluding carboxylic acids is 1. The molecule has 19 heavy (non-hydrogen) atoms. The quantitative estimate of drug-likeness (QED) is 0.777. The third kappa shape index (κ3) is 5.06. The number of likely N-dealkylation sites (N-methyl/N-ethyl adjacent to an activating group) is 1. The van der Waals surface area contributed by atoms with E-state index in [9.17, 15) is 9.59 Å². The van der Waals surface area contributed by atoms with Crippen molar-refractivity contribution in [2.24, 2.45) is 5.92 Å². The number of nitrogens with zero attached hydrogens (tertiary/aromatic N) is 2. The number of aliphatic carboxylic acids is 1. The summed E-state index contributed by atoms with van der Waals surface area (Å²) in [6.45, 7) is 6.18. The molecule has 1 saturated heterocycles. The monoisotopic (exact) mass is 271 g/mol. The molecule has 0 aromatic rings. The van der Waals surface area contributed by atoms with Crippen LogP contribution in [0, 0.1) is 5.92 Å². The van der Waals surface area contributed by atoms with Crippen molar-refractivity contribution in [1.29, 1.82) is 0 Å². The summed E-state index contributed by atoms with van der Waals surface area (Å²) in [7, 11) is 2.04. The number of carbonyl (C=O) groups is 2. The fraction of sp³-hybridized carbons (Fsp3) is 0.846. The van der Waals surface area contributed by atoms with Gasteiger partial charge < -0.3 is 20.2 Å². The zero-order chi connectivity index (χ0) is 14.4. The minimum absolute atomic E-state index is 0.157. The van der Waals surface area contributed by atoms with Gasteiger partial charge in [0, 0.05) is 25.7 Å². The van der Waals surface area contributed by atoms with E-state index >= 15 is 0 Å². The van der Waals surface area contributed by atoms with E-state index < -0.39 is 11.9 Å². The molecule has 2 atom stereocenters. The average molecular weight is 271 g/mol. The van der Waals surface area contributed by atoms with Crippen molar-refractivity contribution in [3.8, 4) is 0 Å². The summed E-state index contributed by atoms with van der Waals surface area (Å²) < 4.78 is 0. The Morgan fingerprint density at radius 2 is 2.21 bits per heavy atom. The first-order valence-electron chi connectivity index (χ1n) is 6.90. The van der Waals surface area contributed by atoms with E-state index in [2.05, 4.69) is 10.2 Å². The molecule has 0 radical (unpaired) electrons. The molecule has 1 rings (SSSR count). The Balaban J connectivity index is 2.46. The van der Waals surface area contributed by atoms with Gasteiger partial charge in [-0.15, -0.1) is 0 Å². The van der Waals surface area contributed by atoms with Crippen molar-refractivity contribution in [3.05, 3.63) is 0 Å². The maximum Gasteiger partial charge on any atom is 0.317 e. The topological polar surface area (TPSA) is 72.9 Å². The van der Waals surface area contributed by atoms with Gasteiger partial charge in [0.25, 0.3) is 0 Å². The fourth-order valence-corrected chi connectivity index (χ4v) is 2.31. The molecule has 6 heteroatoms. The van der Waals surface area contributed by atoms with Gasteiger partial charge in [0.05, 0.1) is 5.92 Å². The van der Waals surface area contributed by atoms with Crippen LogP contribution in [0.4, 0.5) is 4.79 Å². The molecule has 0 bridgehead atoms. The second-order valence-corrected chi connectivity index (χ2v) is 5.33. The summed E-state index contributed by atoms with van der Waals surface area (Å²) in [6.07, 6.45) is 2.07. The lowest BCUT2D eigenvalue weighted by Gasteiger charge is -2.32. The van der Waals surface area contributed by atoms with Crippen LogP contribution >= 0.6 is 0 Å². The van der Waals surface area contributed by atoms with Gasteiger partial charge in [-0.3, -0.25) is 4.79 Å². The molecule has 0 aromatic carbocycles. The lowest BCUT2D eigenvalue weighted by Crippen LogP contribution is -2.51. The molecule has 0 spiro atoms. The van der Waals surface area contributed by atoms with Crippen LogP contribution in [0.3, 0.4) is 0 Å². The van der Waals surface area contributed by atoms with Crippen LogP contribution in [-0.4, -0.2) is 66.2 Å². The predicted molar refractivity (Wildman–Crippen MR) is 73.1 cm³/mol. The van der Waals surface area contributed by atoms with Crippen LogP contribution in [0.2, 0.25) is 0 Å². The largest absolute Gasteiger partial charge is 0.481 e. The molecule has 1 fully saturated rings. The van der Waals surface area contributed by atoms with Crippen molar-refractivity contribution >= 4 is 12.0 Å². The van der Waals surface area contributed by atoms with E-state index in [0.29, 0.717) is 6.54 Å². The summed E-state index contributed by atoms with van der Waals surface area (Å²) >= 11 is 0. The van der Waals surface area contributed by atoms with E-state index in [-0.39, 0.29) is 18.6 Å². The maximum absolute atomic E-state index is 12.1. The van der Waals surface area contributed by atoms with E-state index in [4.69, 9.17) is 5.11 Å². The third-order valence-corrected chi connectivity index (χ3v) is 3.54. The minimum Gasteiger partial charge on any atom is -0.481 e. The number of likely N-dealkylation sites (tertiary alicyclic amines) is 1. The first-order valence-corrected chi connectivity index (χ1v) is 6.90. The summed E-state index contributed by atoms with van der Waals surface area (Å²) in [5.74, 6) is -1.41. The molecule has 2 amide bonds. The van der Waals surface area contributed by atoms with E-state index in [1.807, 2.05) is 14.0 Å². The van der Waals surface area contributed by atoms with Crippen molar-refractivity contribution in [1.82, 2.24) is 15.1 Å². The van der Waals surface area contributed by atoms with Crippen LogP contribution in [0.1, 0.15) is 26.7 Å². The normalized spacial score (nSPS) is 21.7. The molecule has 6 nitrogen and oxygen atoms in total. The number of urea groups is 1. The molecule has 1 aliphatic rings. The van der Waals surface area contributed by atoms with Gasteiger partial charge in [0.2, 0.25) is 0 Å². The second kappa shape index (κ2) is 7.33.